The van der Waals surface area contributed by atoms with E-state index in [1.807, 2.05) is 16.7 Å². The lowest BCUT2D eigenvalue weighted by molar-refractivity contribution is 0.0950. The highest BCUT2D eigenvalue weighted by Crippen LogP contribution is 2.38. The predicted molar refractivity (Wildman–Crippen MR) is 163 cm³/mol. The fraction of sp³-hybridized carbons (Fsp3) is 0.194. The number of carbonyl (C=O) groups is 1. The van der Waals surface area contributed by atoms with E-state index in [4.69, 9.17) is 28.2 Å². The van der Waals surface area contributed by atoms with Crippen molar-refractivity contribution in [2.45, 2.75) is 36.6 Å². The second-order valence-electron chi connectivity index (χ2n) is 10.2. The van der Waals surface area contributed by atoms with Crippen molar-refractivity contribution in [1.29, 1.82) is 0 Å². The molecule has 0 unspecified atom stereocenters. The average Bonchev–Trinajstić information content (AvgIpc) is 3.65. The SMILES string of the molecule is CC(C)(c1ccc(Cl)c(Cl)c1)c1cnc(SCc2ccc(F)c(C(=O)NCCc3c[nH]cn3)c2)n1-c1ccc(F)cc1. The Kier molecular flexibility index (Phi) is 9.01. The fourth-order valence-corrected chi connectivity index (χ4v) is 5.79. The number of thioether (sulfide) groups is 1. The van der Waals surface area contributed by atoms with Crippen molar-refractivity contribution >= 4 is 40.9 Å². The van der Waals surface area contributed by atoms with Gasteiger partial charge in [-0.25, -0.2) is 18.7 Å². The minimum absolute atomic E-state index is 0.0292. The first-order valence-electron chi connectivity index (χ1n) is 13.1. The highest BCUT2D eigenvalue weighted by molar-refractivity contribution is 7.98. The van der Waals surface area contributed by atoms with E-state index in [1.165, 1.54) is 30.0 Å². The summed E-state index contributed by atoms with van der Waals surface area (Å²) >= 11 is 13.9. The lowest BCUT2D eigenvalue weighted by Gasteiger charge is -2.28. The summed E-state index contributed by atoms with van der Waals surface area (Å²) in [5.74, 6) is -1.02. The van der Waals surface area contributed by atoms with Gasteiger partial charge >= 0.3 is 0 Å². The van der Waals surface area contributed by atoms with Gasteiger partial charge in [0.1, 0.15) is 11.6 Å². The summed E-state index contributed by atoms with van der Waals surface area (Å²) in [4.78, 5) is 24.4. The Bertz CT molecular complexity index is 1710. The van der Waals surface area contributed by atoms with Crippen LogP contribution in [-0.4, -0.2) is 32.0 Å². The smallest absolute Gasteiger partial charge is 0.254 e. The summed E-state index contributed by atoms with van der Waals surface area (Å²) in [6, 6.07) is 16.2. The van der Waals surface area contributed by atoms with E-state index in [2.05, 4.69) is 29.1 Å². The number of carbonyl (C=O) groups excluding carboxylic acids is 1. The fourth-order valence-electron chi connectivity index (χ4n) is 4.56. The van der Waals surface area contributed by atoms with Crippen LogP contribution in [0.2, 0.25) is 10.0 Å². The first-order chi connectivity index (χ1) is 20.1. The minimum Gasteiger partial charge on any atom is -0.352 e. The maximum absolute atomic E-state index is 14.6. The van der Waals surface area contributed by atoms with Crippen molar-refractivity contribution in [3.8, 4) is 5.69 Å². The lowest BCUT2D eigenvalue weighted by Crippen LogP contribution is -2.26. The molecule has 0 radical (unpaired) electrons. The number of amides is 1. The van der Waals surface area contributed by atoms with E-state index in [1.54, 1.807) is 49.1 Å². The molecule has 0 spiro atoms. The van der Waals surface area contributed by atoms with Crippen molar-refractivity contribution in [1.82, 2.24) is 24.8 Å². The average molecular weight is 627 g/mol. The van der Waals surface area contributed by atoms with Crippen molar-refractivity contribution in [2.75, 3.05) is 6.54 Å². The number of H-pyrrole nitrogens is 1. The zero-order valence-corrected chi connectivity index (χ0v) is 25.1. The Balaban J connectivity index is 1.40. The highest BCUT2D eigenvalue weighted by atomic mass is 35.5. The molecular weight excluding hydrogens is 599 g/mol. The minimum atomic E-state index is -0.598. The van der Waals surface area contributed by atoms with Crippen LogP contribution in [0.25, 0.3) is 5.69 Å². The molecule has 2 N–H and O–H groups in total. The van der Waals surface area contributed by atoms with E-state index in [9.17, 15) is 13.6 Å². The van der Waals surface area contributed by atoms with Gasteiger partial charge in [-0.3, -0.25) is 9.36 Å². The number of halogens is 4. The first-order valence-corrected chi connectivity index (χ1v) is 14.8. The second kappa shape index (κ2) is 12.7. The van der Waals surface area contributed by atoms with Crippen LogP contribution in [0.4, 0.5) is 8.78 Å². The Labute approximate surface area is 256 Å². The molecule has 11 heteroatoms. The van der Waals surface area contributed by atoms with Crippen LogP contribution in [0.1, 0.15) is 46.7 Å². The summed E-state index contributed by atoms with van der Waals surface area (Å²) in [6.07, 6.45) is 5.63. The van der Waals surface area contributed by atoms with Gasteiger partial charge in [0.15, 0.2) is 5.16 Å². The number of aromatic nitrogens is 4. The summed E-state index contributed by atoms with van der Waals surface area (Å²) in [5.41, 5.74) is 3.49. The number of hydrogen-bond acceptors (Lipinski definition) is 4. The molecule has 2 heterocycles. The topological polar surface area (TPSA) is 75.6 Å². The molecule has 216 valence electrons. The lowest BCUT2D eigenvalue weighted by atomic mass is 9.81. The normalized spacial score (nSPS) is 11.6. The Morgan fingerprint density at radius 3 is 2.52 bits per heavy atom. The molecule has 0 fully saturated rings. The molecule has 0 aliphatic heterocycles. The standard InChI is InChI=1S/C31H27Cl2F2N5OS/c1-31(2,20-4-9-25(32)26(33)14-20)28-16-38-30(40(28)23-7-5-21(34)6-8-23)42-17-19-3-10-27(35)24(13-19)29(41)37-12-11-22-15-36-18-39-22/h3-10,13-16,18H,11-12,17H2,1-2H3,(H,36,39)(H,37,41). The van der Waals surface area contributed by atoms with E-state index < -0.39 is 17.1 Å². The van der Waals surface area contributed by atoms with Crippen molar-refractivity contribution in [2.24, 2.45) is 0 Å². The number of hydrogen-bond donors (Lipinski definition) is 2. The van der Waals surface area contributed by atoms with Gasteiger partial charge in [-0.15, -0.1) is 0 Å². The molecular formula is C31H27Cl2F2N5OS. The molecule has 42 heavy (non-hydrogen) atoms. The third-order valence-electron chi connectivity index (χ3n) is 6.96. The molecule has 6 nitrogen and oxygen atoms in total. The summed E-state index contributed by atoms with van der Waals surface area (Å²) < 4.78 is 30.4. The number of nitrogens with one attached hydrogen (secondary N) is 2. The molecule has 0 saturated heterocycles. The monoisotopic (exact) mass is 625 g/mol. The molecule has 0 bridgehead atoms. The van der Waals surface area contributed by atoms with Gasteiger partial charge in [0.25, 0.3) is 5.91 Å². The van der Waals surface area contributed by atoms with Gasteiger partial charge < -0.3 is 10.3 Å². The molecule has 0 aliphatic rings. The van der Waals surface area contributed by atoms with Crippen LogP contribution in [0.5, 0.6) is 0 Å². The van der Waals surface area contributed by atoms with Crippen LogP contribution in [0.15, 0.2) is 84.5 Å². The van der Waals surface area contributed by atoms with Gasteiger partial charge in [-0.05, 0) is 59.7 Å². The van der Waals surface area contributed by atoms with Crippen molar-refractivity contribution < 1.29 is 13.6 Å². The van der Waals surface area contributed by atoms with Gasteiger partial charge in [-0.2, -0.15) is 0 Å². The van der Waals surface area contributed by atoms with Crippen LogP contribution < -0.4 is 5.32 Å². The molecule has 2 aromatic heterocycles. The molecule has 3 aromatic carbocycles. The molecule has 0 saturated carbocycles. The van der Waals surface area contributed by atoms with Crippen LogP contribution in [-0.2, 0) is 17.6 Å². The van der Waals surface area contributed by atoms with E-state index in [-0.39, 0.29) is 11.4 Å². The third kappa shape index (κ3) is 6.53. The predicted octanol–water partition coefficient (Wildman–Crippen LogP) is 7.77. The Morgan fingerprint density at radius 2 is 1.81 bits per heavy atom. The van der Waals surface area contributed by atoms with Gasteiger partial charge in [0, 0.05) is 36.0 Å². The maximum atomic E-state index is 14.6. The molecule has 0 atom stereocenters. The van der Waals surface area contributed by atoms with Crippen molar-refractivity contribution in [3.63, 3.8) is 0 Å². The third-order valence-corrected chi connectivity index (χ3v) is 8.72. The van der Waals surface area contributed by atoms with Gasteiger partial charge in [-0.1, -0.05) is 60.9 Å². The number of nitrogens with zero attached hydrogens (tertiary/aromatic N) is 3. The van der Waals surface area contributed by atoms with Crippen LogP contribution in [0, 0.1) is 11.6 Å². The molecule has 1 amide bonds. The van der Waals surface area contributed by atoms with Crippen molar-refractivity contribution in [3.05, 3.63) is 129 Å². The second-order valence-corrected chi connectivity index (χ2v) is 11.9. The summed E-state index contributed by atoms with van der Waals surface area (Å²) in [5, 5.41) is 4.31. The van der Waals surface area contributed by atoms with Gasteiger partial charge in [0.05, 0.1) is 39.5 Å². The van der Waals surface area contributed by atoms with Crippen LogP contribution in [0.3, 0.4) is 0 Å². The number of benzene rings is 3. The van der Waals surface area contributed by atoms with E-state index in [0.29, 0.717) is 33.9 Å². The first kappa shape index (κ1) is 29.8. The quantitative estimate of drug-likeness (QED) is 0.155. The van der Waals surface area contributed by atoms with Crippen LogP contribution >= 0.6 is 35.0 Å². The maximum Gasteiger partial charge on any atom is 0.254 e. The number of aromatic amines is 1. The Hall–Kier alpha value is -3.66. The van der Waals surface area contributed by atoms with E-state index in [0.717, 1.165) is 28.2 Å². The summed E-state index contributed by atoms with van der Waals surface area (Å²) in [6.45, 7) is 4.43. The van der Waals surface area contributed by atoms with Gasteiger partial charge in [0.2, 0.25) is 0 Å². The number of rotatable bonds is 10. The zero-order valence-electron chi connectivity index (χ0n) is 22.8. The Morgan fingerprint density at radius 1 is 1.02 bits per heavy atom. The zero-order chi connectivity index (χ0) is 29.9. The highest BCUT2D eigenvalue weighted by Gasteiger charge is 2.30. The number of imidazole rings is 2. The molecule has 5 aromatic rings. The largest absolute Gasteiger partial charge is 0.352 e. The van der Waals surface area contributed by atoms with E-state index >= 15 is 0 Å². The molecule has 5 rings (SSSR count). The molecule has 0 aliphatic carbocycles. The summed E-state index contributed by atoms with van der Waals surface area (Å²) in [7, 11) is 0.